The zero-order valence-electron chi connectivity index (χ0n) is 13.4. The highest BCUT2D eigenvalue weighted by Gasteiger charge is 2.26. The lowest BCUT2D eigenvalue weighted by Crippen LogP contribution is -2.35. The number of sulfonamides is 1. The van der Waals surface area contributed by atoms with Crippen LogP contribution in [0.25, 0.3) is 0 Å². The van der Waals surface area contributed by atoms with Crippen LogP contribution in [0.2, 0.25) is 0 Å². The summed E-state index contributed by atoms with van der Waals surface area (Å²) in [6.45, 7) is 5.78. The molecule has 0 aliphatic heterocycles. The molecule has 1 aromatic carbocycles. The molecule has 0 saturated heterocycles. The lowest BCUT2D eigenvalue weighted by Gasteiger charge is -2.24. The molecule has 21 heavy (non-hydrogen) atoms. The fourth-order valence-corrected chi connectivity index (χ4v) is 3.81. The molecule has 0 spiro atoms. The summed E-state index contributed by atoms with van der Waals surface area (Å²) in [6, 6.07) is 2.74. The third-order valence-corrected chi connectivity index (χ3v) is 5.62. The number of hydrogen-bond acceptors (Lipinski definition) is 3. The van der Waals surface area contributed by atoms with Crippen molar-refractivity contribution in [3.63, 3.8) is 0 Å². The fraction of sp³-hybridized carbons (Fsp3) is 0.600. The highest BCUT2D eigenvalue weighted by atomic mass is 32.2. The molecule has 1 unspecified atom stereocenters. The summed E-state index contributed by atoms with van der Waals surface area (Å²) < 4.78 is 40.7. The molecule has 0 fully saturated rings. The van der Waals surface area contributed by atoms with Crippen LogP contribution in [-0.4, -0.2) is 32.9 Å². The van der Waals surface area contributed by atoms with E-state index in [-0.39, 0.29) is 16.8 Å². The first-order valence-electron chi connectivity index (χ1n) is 7.17. The Labute approximate surface area is 127 Å². The molecule has 4 nitrogen and oxygen atoms in total. The highest BCUT2D eigenvalue weighted by Crippen LogP contribution is 2.23. The van der Waals surface area contributed by atoms with E-state index in [9.17, 15) is 12.8 Å². The van der Waals surface area contributed by atoms with Crippen molar-refractivity contribution in [2.45, 2.75) is 51.1 Å². The molecule has 120 valence electrons. The minimum atomic E-state index is -3.60. The zero-order valence-corrected chi connectivity index (χ0v) is 14.2. The van der Waals surface area contributed by atoms with Gasteiger partial charge in [0.2, 0.25) is 10.0 Å². The fourth-order valence-electron chi connectivity index (χ4n) is 2.28. The Morgan fingerprint density at radius 2 is 2.00 bits per heavy atom. The second-order valence-corrected chi connectivity index (χ2v) is 7.40. The Morgan fingerprint density at radius 3 is 2.52 bits per heavy atom. The Morgan fingerprint density at radius 1 is 1.38 bits per heavy atom. The number of rotatable bonds is 7. The predicted octanol–water partition coefficient (Wildman–Crippen LogP) is 2.66. The van der Waals surface area contributed by atoms with Crippen LogP contribution in [0.3, 0.4) is 0 Å². The summed E-state index contributed by atoms with van der Waals surface area (Å²) in [5, 5.41) is 2.85. The van der Waals surface area contributed by atoms with Crippen molar-refractivity contribution >= 4 is 10.0 Å². The molecule has 0 amide bonds. The van der Waals surface area contributed by atoms with Gasteiger partial charge in [0, 0.05) is 25.2 Å². The van der Waals surface area contributed by atoms with Gasteiger partial charge in [-0.05, 0) is 45.0 Å². The molecular weight excluding hydrogens is 291 g/mol. The van der Waals surface area contributed by atoms with Gasteiger partial charge in [-0.1, -0.05) is 13.3 Å². The van der Waals surface area contributed by atoms with E-state index in [1.54, 1.807) is 21.0 Å². The van der Waals surface area contributed by atoms with Crippen molar-refractivity contribution in [2.24, 2.45) is 0 Å². The number of benzene rings is 1. The number of nitrogens with zero attached hydrogens (tertiary/aromatic N) is 1. The van der Waals surface area contributed by atoms with Crippen molar-refractivity contribution in [1.82, 2.24) is 9.62 Å². The van der Waals surface area contributed by atoms with Gasteiger partial charge in [0.05, 0.1) is 4.90 Å². The molecule has 1 rings (SSSR count). The van der Waals surface area contributed by atoms with Gasteiger partial charge in [0.1, 0.15) is 5.82 Å². The Balaban J connectivity index is 3.25. The smallest absolute Gasteiger partial charge is 0.243 e. The third kappa shape index (κ3) is 4.02. The van der Waals surface area contributed by atoms with E-state index in [0.717, 1.165) is 12.8 Å². The molecule has 1 aromatic rings. The predicted molar refractivity (Wildman–Crippen MR) is 83.2 cm³/mol. The molecular formula is C15H25FN2O2S. The monoisotopic (exact) mass is 316 g/mol. The van der Waals surface area contributed by atoms with Crippen molar-refractivity contribution in [3.8, 4) is 0 Å². The van der Waals surface area contributed by atoms with E-state index < -0.39 is 10.0 Å². The largest absolute Gasteiger partial charge is 0.316 e. The summed E-state index contributed by atoms with van der Waals surface area (Å²) in [5.74, 6) is -0.354. The second kappa shape index (κ2) is 7.33. The average molecular weight is 316 g/mol. The maximum Gasteiger partial charge on any atom is 0.243 e. The lowest BCUT2D eigenvalue weighted by molar-refractivity contribution is 0.368. The van der Waals surface area contributed by atoms with Crippen molar-refractivity contribution in [2.75, 3.05) is 14.1 Å². The Bertz CT molecular complexity index is 588. The van der Waals surface area contributed by atoms with Crippen LogP contribution in [-0.2, 0) is 16.6 Å². The van der Waals surface area contributed by atoms with E-state index >= 15 is 0 Å². The lowest BCUT2D eigenvalue weighted by atomic mass is 10.1. The maximum atomic E-state index is 14.0. The summed E-state index contributed by atoms with van der Waals surface area (Å²) in [5.41, 5.74) is 0.713. The maximum absolute atomic E-state index is 14.0. The topological polar surface area (TPSA) is 49.4 Å². The quantitative estimate of drug-likeness (QED) is 0.841. The number of hydrogen-bond donors (Lipinski definition) is 1. The van der Waals surface area contributed by atoms with Crippen LogP contribution in [0.15, 0.2) is 17.0 Å². The van der Waals surface area contributed by atoms with Gasteiger partial charge in [-0.15, -0.1) is 0 Å². The average Bonchev–Trinajstić information content (AvgIpc) is 2.43. The SMILES string of the molecule is CCCC(C)N(C)S(=O)(=O)c1cc(C)c(F)c(CNC)c1. The van der Waals surface area contributed by atoms with Gasteiger partial charge in [0.25, 0.3) is 0 Å². The van der Waals surface area contributed by atoms with E-state index in [2.05, 4.69) is 5.32 Å². The first-order chi connectivity index (χ1) is 9.75. The number of halogens is 1. The summed E-state index contributed by atoms with van der Waals surface area (Å²) in [4.78, 5) is 0.150. The van der Waals surface area contributed by atoms with Gasteiger partial charge >= 0.3 is 0 Å². The van der Waals surface area contributed by atoms with Gasteiger partial charge in [-0.25, -0.2) is 12.8 Å². The normalized spacial score (nSPS) is 13.7. The van der Waals surface area contributed by atoms with Crippen molar-refractivity contribution in [1.29, 1.82) is 0 Å². The summed E-state index contributed by atoms with van der Waals surface area (Å²) >= 11 is 0. The number of nitrogens with one attached hydrogen (secondary N) is 1. The van der Waals surface area contributed by atoms with Crippen LogP contribution in [0.1, 0.15) is 37.8 Å². The van der Waals surface area contributed by atoms with Gasteiger partial charge in [0.15, 0.2) is 0 Å². The van der Waals surface area contributed by atoms with E-state index in [0.29, 0.717) is 17.7 Å². The van der Waals surface area contributed by atoms with Crippen LogP contribution in [0, 0.1) is 12.7 Å². The number of aryl methyl sites for hydroxylation is 1. The molecule has 0 aliphatic rings. The molecule has 0 aromatic heterocycles. The van der Waals surface area contributed by atoms with Gasteiger partial charge < -0.3 is 5.32 Å². The standard InChI is InChI=1S/C15H25FN2O2S/c1-6-7-12(3)18(5)21(19,20)14-8-11(2)15(16)13(9-14)10-17-4/h8-9,12,17H,6-7,10H2,1-5H3. The molecule has 0 aliphatic carbocycles. The van der Waals surface area contributed by atoms with Gasteiger partial charge in [-0.3, -0.25) is 0 Å². The van der Waals surface area contributed by atoms with Gasteiger partial charge in [-0.2, -0.15) is 4.31 Å². The third-order valence-electron chi connectivity index (χ3n) is 3.67. The summed E-state index contributed by atoms with van der Waals surface area (Å²) in [6.07, 6.45) is 1.70. The molecule has 0 bridgehead atoms. The molecule has 1 atom stereocenters. The van der Waals surface area contributed by atoms with E-state index in [1.165, 1.54) is 16.4 Å². The minimum Gasteiger partial charge on any atom is -0.316 e. The van der Waals surface area contributed by atoms with Crippen LogP contribution >= 0.6 is 0 Å². The first kappa shape index (κ1) is 18.1. The Hall–Kier alpha value is -0.980. The molecule has 1 N–H and O–H groups in total. The van der Waals surface area contributed by atoms with Crippen LogP contribution in [0.5, 0.6) is 0 Å². The Kier molecular flexibility index (Phi) is 6.31. The minimum absolute atomic E-state index is 0.0851. The summed E-state index contributed by atoms with van der Waals surface area (Å²) in [7, 11) is -0.326. The van der Waals surface area contributed by atoms with Crippen LogP contribution in [0.4, 0.5) is 4.39 Å². The van der Waals surface area contributed by atoms with E-state index in [1.807, 2.05) is 13.8 Å². The van der Waals surface area contributed by atoms with E-state index in [4.69, 9.17) is 0 Å². The zero-order chi connectivity index (χ0) is 16.2. The van der Waals surface area contributed by atoms with Crippen molar-refractivity contribution in [3.05, 3.63) is 29.1 Å². The molecule has 0 radical (unpaired) electrons. The molecule has 6 heteroatoms. The second-order valence-electron chi connectivity index (χ2n) is 5.40. The molecule has 0 heterocycles. The molecule has 0 saturated carbocycles. The van der Waals surface area contributed by atoms with Crippen LogP contribution < -0.4 is 5.32 Å². The highest BCUT2D eigenvalue weighted by molar-refractivity contribution is 7.89. The first-order valence-corrected chi connectivity index (χ1v) is 8.61. The van der Waals surface area contributed by atoms with Crippen molar-refractivity contribution < 1.29 is 12.8 Å².